The molecule has 6 saturated carbocycles. The fourth-order valence-electron chi connectivity index (χ4n) is 11.3. The van der Waals surface area contributed by atoms with E-state index in [1.165, 1.54) is 16.7 Å². The Balaban J connectivity index is 0.000000203. The molecule has 15 unspecified atom stereocenters. The number of aryl methyl sites for hydroxylation is 3. The molecule has 3 aromatic rings. The molecule has 0 aromatic carbocycles. The predicted molar refractivity (Wildman–Crippen MR) is 300 cm³/mol. The number of nitrogens with zero attached hydrogens (tertiary/aromatic N) is 9. The van der Waals surface area contributed by atoms with Crippen molar-refractivity contribution in [2.75, 3.05) is 0 Å². The Kier molecular flexibility index (Phi) is 23.5. The third-order valence-corrected chi connectivity index (χ3v) is 16.8. The van der Waals surface area contributed by atoms with Crippen LogP contribution in [-0.2, 0) is 49.9 Å². The molecule has 15 heteroatoms. The zero-order valence-corrected chi connectivity index (χ0v) is 50.3. The number of carbonyl (C=O) groups is 6. The van der Waals surface area contributed by atoms with Crippen molar-refractivity contribution in [3.63, 3.8) is 0 Å². The molecule has 0 N–H and O–H groups in total. The van der Waals surface area contributed by atoms with Gasteiger partial charge in [0.1, 0.15) is 34.7 Å². The second kappa shape index (κ2) is 28.3. The quantitative estimate of drug-likeness (QED) is 0.116. The van der Waals surface area contributed by atoms with E-state index in [2.05, 4.69) is 54.3 Å². The van der Waals surface area contributed by atoms with E-state index in [-0.39, 0.29) is 82.7 Å². The highest BCUT2D eigenvalue weighted by molar-refractivity contribution is 5.89. The van der Waals surface area contributed by atoms with Crippen LogP contribution in [-0.4, -0.2) is 64.0 Å². The van der Waals surface area contributed by atoms with Gasteiger partial charge in [0.05, 0.1) is 42.7 Å². The summed E-state index contributed by atoms with van der Waals surface area (Å²) in [6.07, 6.45) is 16.7. The second-order valence-electron chi connectivity index (χ2n) is 25.1. The van der Waals surface area contributed by atoms with Gasteiger partial charge in [0.2, 0.25) is 0 Å². The average Bonchev–Trinajstić information content (AvgIpc) is 4.11. The molecule has 3 heterocycles. The van der Waals surface area contributed by atoms with E-state index in [0.29, 0.717) is 89.1 Å². The van der Waals surface area contributed by atoms with Crippen LogP contribution in [0.25, 0.3) is 0 Å². The van der Waals surface area contributed by atoms with Crippen LogP contribution in [0.3, 0.4) is 0 Å². The largest absolute Gasteiger partial charge is 0.299 e. The van der Waals surface area contributed by atoms with Crippen LogP contribution >= 0.6 is 0 Å². The van der Waals surface area contributed by atoms with Gasteiger partial charge in [0.25, 0.3) is 0 Å². The van der Waals surface area contributed by atoms with Gasteiger partial charge in [0.15, 0.2) is 0 Å². The maximum absolute atomic E-state index is 12.0. The molecule has 78 heavy (non-hydrogen) atoms. The van der Waals surface area contributed by atoms with Gasteiger partial charge in [-0.15, -0.1) is 0 Å². The molecule has 15 atom stereocenters. The molecule has 0 amide bonds. The molecule has 9 rings (SSSR count). The van der Waals surface area contributed by atoms with E-state index in [4.69, 9.17) is 15.8 Å². The number of ketones is 6. The fraction of sp³-hybridized carbons (Fsp3) is 0.714. The molecular formula is C63H93N9O6. The molecule has 15 nitrogen and oxygen atoms in total. The van der Waals surface area contributed by atoms with Crippen LogP contribution in [0.2, 0.25) is 0 Å². The number of hydrogen-bond donors (Lipinski definition) is 0. The van der Waals surface area contributed by atoms with E-state index in [0.717, 1.165) is 25.7 Å². The molecule has 6 fully saturated rings. The van der Waals surface area contributed by atoms with E-state index < -0.39 is 0 Å². The molecule has 0 bridgehead atoms. The smallest absolute Gasteiger partial charge is 0.139 e. The number of Topliss-reactive ketones (excluding diaryl/α,β-unsaturated/α-hetero) is 6. The van der Waals surface area contributed by atoms with Crippen LogP contribution < -0.4 is 0 Å². The standard InChI is InChI=1S/C13H20N2O.C12H18N2O.C11H16N2O.C10H15NO.C9H13NO.C8H11NO/c1-5-10-11(9-6-14-15(4)7-9)12(10)13(16)8(2)3;1-7(2)12(15)11-8(3)10(11)9-5-13-14(4)6-9;1-7(2)11(14)10-4-9(10)8-5-12-13(3)6-8;1-6(2)10(12)9-7(3)8(9)4-5-11;1-6(2)9(11)8-5-7(8)3-4-10;1-5(2)8(10)7-3-6(7)4-9/h6-8,10-12H,5H2,1-4H3;5-8,10-11H,1-4H3;5-7,9-10H,4H2,1-3H3;6-9H,4H2,1-3H3;6-8H,3,5H2,1-2H3;5-7H,3H2,1-2H3. The molecule has 0 saturated heterocycles. The van der Waals surface area contributed by atoms with E-state index in [9.17, 15) is 28.8 Å². The van der Waals surface area contributed by atoms with E-state index in [1.807, 2.05) is 146 Å². The van der Waals surface area contributed by atoms with E-state index >= 15 is 0 Å². The maximum Gasteiger partial charge on any atom is 0.139 e. The minimum Gasteiger partial charge on any atom is -0.299 e. The first-order valence-electron chi connectivity index (χ1n) is 28.9. The number of hydrogen-bond acceptors (Lipinski definition) is 12. The van der Waals surface area contributed by atoms with Gasteiger partial charge in [-0.05, 0) is 71.5 Å². The molecule has 6 aliphatic carbocycles. The summed E-state index contributed by atoms with van der Waals surface area (Å²) >= 11 is 0. The van der Waals surface area contributed by atoms with Gasteiger partial charge in [-0.3, -0.25) is 42.8 Å². The lowest BCUT2D eigenvalue weighted by atomic mass is 10.0. The van der Waals surface area contributed by atoms with Crippen molar-refractivity contribution < 1.29 is 28.8 Å². The lowest BCUT2D eigenvalue weighted by Gasteiger charge is -2.01. The highest BCUT2D eigenvalue weighted by atomic mass is 16.1. The van der Waals surface area contributed by atoms with Gasteiger partial charge >= 0.3 is 0 Å². The summed E-state index contributed by atoms with van der Waals surface area (Å²) in [5, 5.41) is 37.7. The summed E-state index contributed by atoms with van der Waals surface area (Å²) in [7, 11) is 5.74. The minimum absolute atomic E-state index is 0.0369. The molecule has 6 aliphatic rings. The highest BCUT2D eigenvalue weighted by Crippen LogP contribution is 2.57. The lowest BCUT2D eigenvalue weighted by Crippen LogP contribution is -2.11. The van der Waals surface area contributed by atoms with Crippen LogP contribution in [0.4, 0.5) is 0 Å². The first-order valence-corrected chi connectivity index (χ1v) is 28.9. The van der Waals surface area contributed by atoms with Gasteiger partial charge in [-0.25, -0.2) is 0 Å². The van der Waals surface area contributed by atoms with Crippen LogP contribution in [0.5, 0.6) is 0 Å². The number of nitriles is 3. The van der Waals surface area contributed by atoms with Gasteiger partial charge in [-0.2, -0.15) is 31.1 Å². The van der Waals surface area contributed by atoms with Crippen molar-refractivity contribution in [1.29, 1.82) is 15.8 Å². The third-order valence-electron chi connectivity index (χ3n) is 16.8. The Bertz CT molecular complexity index is 2670. The SMILES string of the molecule is CC(C)C(=O)C1C(C)C1CC#N.CC(C)C(=O)C1C(C)C1c1cnn(C)c1.CC(C)C(=O)C1CC1C#N.CC(C)C(=O)C1CC1CC#N.CC(C)C(=O)C1CC1c1cnn(C)c1.CCC1C(C(=O)C(C)C)C1c1cnn(C)c1. The highest BCUT2D eigenvalue weighted by Gasteiger charge is 2.55. The van der Waals surface area contributed by atoms with Crippen LogP contribution in [0.15, 0.2) is 37.2 Å². The topological polar surface area (TPSA) is 227 Å². The normalized spacial score (nSPS) is 29.0. The summed E-state index contributed by atoms with van der Waals surface area (Å²) < 4.78 is 5.42. The van der Waals surface area contributed by atoms with Crippen molar-refractivity contribution >= 4 is 34.7 Å². The summed E-state index contributed by atoms with van der Waals surface area (Å²) in [6, 6.07) is 6.34. The van der Waals surface area contributed by atoms with Crippen molar-refractivity contribution in [2.24, 2.45) is 128 Å². The van der Waals surface area contributed by atoms with Crippen LogP contribution in [0.1, 0.15) is 177 Å². The number of carbonyl (C=O) groups excluding carboxylic acids is 6. The van der Waals surface area contributed by atoms with Crippen molar-refractivity contribution in [3.05, 3.63) is 53.9 Å². The molecule has 0 radical (unpaired) electrons. The minimum atomic E-state index is 0.0369. The molecule has 426 valence electrons. The molecule has 0 spiro atoms. The predicted octanol–water partition coefficient (Wildman–Crippen LogP) is 11.3. The van der Waals surface area contributed by atoms with Crippen molar-refractivity contribution in [1.82, 2.24) is 29.3 Å². The summed E-state index contributed by atoms with van der Waals surface area (Å²) in [5.41, 5.74) is 3.66. The first kappa shape index (κ1) is 64.6. The zero-order chi connectivity index (χ0) is 58.8. The van der Waals surface area contributed by atoms with Crippen LogP contribution in [0, 0.1) is 141 Å². The Morgan fingerprint density at radius 3 is 1.31 bits per heavy atom. The number of rotatable bonds is 18. The van der Waals surface area contributed by atoms with Gasteiger partial charge < -0.3 is 0 Å². The summed E-state index contributed by atoms with van der Waals surface area (Å²) in [6.45, 7) is 29.7. The molecule has 0 aliphatic heterocycles. The Morgan fingerprint density at radius 1 is 0.500 bits per heavy atom. The zero-order valence-electron chi connectivity index (χ0n) is 50.3. The fourth-order valence-corrected chi connectivity index (χ4v) is 11.3. The number of aromatic nitrogens is 6. The maximum atomic E-state index is 12.0. The first-order chi connectivity index (χ1) is 36.6. The monoisotopic (exact) mass is 1070 g/mol. The lowest BCUT2D eigenvalue weighted by molar-refractivity contribution is -0.124. The van der Waals surface area contributed by atoms with Gasteiger partial charge in [-0.1, -0.05) is 110 Å². The summed E-state index contributed by atoms with van der Waals surface area (Å²) in [4.78, 5) is 69.5. The Hall–Kier alpha value is -5.88. The Morgan fingerprint density at radius 2 is 0.910 bits per heavy atom. The average molecular weight is 1070 g/mol. The molecular weight excluding hydrogens is 979 g/mol. The second-order valence-corrected chi connectivity index (χ2v) is 25.1. The van der Waals surface area contributed by atoms with Gasteiger partial charge in [0, 0.05) is 135 Å². The van der Waals surface area contributed by atoms with E-state index in [1.54, 1.807) is 9.36 Å². The Labute approximate surface area is 466 Å². The van der Waals surface area contributed by atoms with Crippen molar-refractivity contribution in [2.45, 2.75) is 160 Å². The summed E-state index contributed by atoms with van der Waals surface area (Å²) in [5.74, 6) is 7.73. The van der Waals surface area contributed by atoms with Crippen molar-refractivity contribution in [3.8, 4) is 18.2 Å². The molecule has 3 aromatic heterocycles. The third kappa shape index (κ3) is 17.3.